The standard InChI is InChI=1S/C18H21NO2/c1-4-21-18(20)17(15-8-6-5-7-9-15)19-16-11-10-13(2)14(3)12-16/h5-12,17,19H,4H2,1-3H3. The summed E-state index contributed by atoms with van der Waals surface area (Å²) in [6, 6.07) is 15.2. The Labute approximate surface area is 126 Å². The zero-order chi connectivity index (χ0) is 15.2. The summed E-state index contributed by atoms with van der Waals surface area (Å²) in [5.41, 5.74) is 4.23. The second kappa shape index (κ2) is 6.93. The first kappa shape index (κ1) is 15.1. The predicted octanol–water partition coefficient (Wildman–Crippen LogP) is 4.02. The van der Waals surface area contributed by atoms with Crippen molar-refractivity contribution in [3.63, 3.8) is 0 Å². The summed E-state index contributed by atoms with van der Waals surface area (Å²) in [4.78, 5) is 12.2. The maximum absolute atomic E-state index is 12.2. The molecule has 0 saturated heterocycles. The summed E-state index contributed by atoms with van der Waals surface area (Å²) in [6.45, 7) is 6.31. The van der Waals surface area contributed by atoms with Gasteiger partial charge >= 0.3 is 5.97 Å². The number of anilines is 1. The summed E-state index contributed by atoms with van der Waals surface area (Å²) >= 11 is 0. The molecule has 0 bridgehead atoms. The number of carbonyl (C=O) groups is 1. The van der Waals surface area contributed by atoms with Crippen LogP contribution < -0.4 is 5.32 Å². The van der Waals surface area contributed by atoms with Crippen LogP contribution in [-0.2, 0) is 9.53 Å². The molecule has 2 aromatic carbocycles. The van der Waals surface area contributed by atoms with Gasteiger partial charge in [-0.05, 0) is 49.6 Å². The minimum Gasteiger partial charge on any atom is -0.464 e. The average Bonchev–Trinajstić information content (AvgIpc) is 2.49. The number of carbonyl (C=O) groups excluding carboxylic acids is 1. The zero-order valence-corrected chi connectivity index (χ0v) is 12.7. The molecule has 21 heavy (non-hydrogen) atoms. The molecule has 0 saturated carbocycles. The molecule has 0 amide bonds. The van der Waals surface area contributed by atoms with Crippen LogP contribution >= 0.6 is 0 Å². The van der Waals surface area contributed by atoms with E-state index in [2.05, 4.69) is 19.2 Å². The molecule has 0 aliphatic heterocycles. The topological polar surface area (TPSA) is 38.3 Å². The van der Waals surface area contributed by atoms with E-state index < -0.39 is 6.04 Å². The number of aryl methyl sites for hydroxylation is 2. The summed E-state index contributed by atoms with van der Waals surface area (Å²) in [6.07, 6.45) is 0. The molecule has 0 fully saturated rings. The fraction of sp³-hybridized carbons (Fsp3) is 0.278. The Morgan fingerprint density at radius 3 is 2.43 bits per heavy atom. The van der Waals surface area contributed by atoms with Crippen molar-refractivity contribution in [3.8, 4) is 0 Å². The van der Waals surface area contributed by atoms with Gasteiger partial charge in [-0.25, -0.2) is 4.79 Å². The Balaban J connectivity index is 2.27. The Morgan fingerprint density at radius 2 is 1.81 bits per heavy atom. The second-order valence-electron chi connectivity index (χ2n) is 5.04. The molecule has 1 N–H and O–H groups in total. The number of hydrogen-bond acceptors (Lipinski definition) is 3. The molecule has 1 atom stereocenters. The van der Waals surface area contributed by atoms with Crippen LogP contribution in [0, 0.1) is 13.8 Å². The van der Waals surface area contributed by atoms with Crippen molar-refractivity contribution >= 4 is 11.7 Å². The van der Waals surface area contributed by atoms with Crippen molar-refractivity contribution in [1.82, 2.24) is 0 Å². The molecule has 0 aromatic heterocycles. The van der Waals surface area contributed by atoms with E-state index >= 15 is 0 Å². The van der Waals surface area contributed by atoms with Crippen molar-refractivity contribution in [2.24, 2.45) is 0 Å². The molecule has 2 rings (SSSR count). The third-order valence-corrected chi connectivity index (χ3v) is 3.47. The van der Waals surface area contributed by atoms with E-state index in [0.717, 1.165) is 11.3 Å². The van der Waals surface area contributed by atoms with E-state index in [9.17, 15) is 4.79 Å². The molecule has 0 aliphatic rings. The van der Waals surface area contributed by atoms with Crippen molar-refractivity contribution < 1.29 is 9.53 Å². The first-order valence-electron chi connectivity index (χ1n) is 7.17. The molecule has 0 radical (unpaired) electrons. The predicted molar refractivity (Wildman–Crippen MR) is 85.4 cm³/mol. The highest BCUT2D eigenvalue weighted by atomic mass is 16.5. The SMILES string of the molecule is CCOC(=O)C(Nc1ccc(C)c(C)c1)c1ccccc1. The van der Waals surface area contributed by atoms with Crippen molar-refractivity contribution in [2.75, 3.05) is 11.9 Å². The average molecular weight is 283 g/mol. The van der Waals surface area contributed by atoms with E-state index in [0.29, 0.717) is 6.61 Å². The Hall–Kier alpha value is -2.29. The van der Waals surface area contributed by atoms with E-state index in [-0.39, 0.29) is 5.97 Å². The molecule has 3 nitrogen and oxygen atoms in total. The molecule has 2 aromatic rings. The van der Waals surface area contributed by atoms with Crippen LogP contribution in [0.5, 0.6) is 0 Å². The minimum atomic E-state index is -0.492. The van der Waals surface area contributed by atoms with Gasteiger partial charge in [0.15, 0.2) is 6.04 Å². The van der Waals surface area contributed by atoms with Gasteiger partial charge < -0.3 is 10.1 Å². The highest BCUT2D eigenvalue weighted by molar-refractivity contribution is 5.81. The Kier molecular flexibility index (Phi) is 4.99. The maximum atomic E-state index is 12.2. The molecule has 0 aliphatic carbocycles. The molecule has 0 heterocycles. The number of hydrogen-bond donors (Lipinski definition) is 1. The first-order chi connectivity index (χ1) is 10.1. The van der Waals surface area contributed by atoms with Crippen LogP contribution in [0.4, 0.5) is 5.69 Å². The van der Waals surface area contributed by atoms with Gasteiger partial charge in [0.05, 0.1) is 6.61 Å². The van der Waals surface area contributed by atoms with Crippen LogP contribution in [0.25, 0.3) is 0 Å². The highest BCUT2D eigenvalue weighted by Crippen LogP contribution is 2.22. The van der Waals surface area contributed by atoms with Crippen molar-refractivity contribution in [2.45, 2.75) is 26.8 Å². The second-order valence-corrected chi connectivity index (χ2v) is 5.04. The largest absolute Gasteiger partial charge is 0.464 e. The molecule has 1 unspecified atom stereocenters. The van der Waals surface area contributed by atoms with Gasteiger partial charge in [0, 0.05) is 5.69 Å². The van der Waals surface area contributed by atoms with Gasteiger partial charge in [-0.1, -0.05) is 36.4 Å². The van der Waals surface area contributed by atoms with Crippen molar-refractivity contribution in [1.29, 1.82) is 0 Å². The first-order valence-corrected chi connectivity index (χ1v) is 7.17. The fourth-order valence-electron chi connectivity index (χ4n) is 2.15. The zero-order valence-electron chi connectivity index (χ0n) is 12.7. The van der Waals surface area contributed by atoms with Crippen LogP contribution in [0.1, 0.15) is 29.7 Å². The highest BCUT2D eigenvalue weighted by Gasteiger charge is 2.21. The monoisotopic (exact) mass is 283 g/mol. The van der Waals surface area contributed by atoms with E-state index in [1.165, 1.54) is 11.1 Å². The van der Waals surface area contributed by atoms with Gasteiger partial charge in [0.25, 0.3) is 0 Å². The number of rotatable bonds is 5. The van der Waals surface area contributed by atoms with E-state index in [4.69, 9.17) is 4.74 Å². The number of esters is 1. The fourth-order valence-corrected chi connectivity index (χ4v) is 2.15. The summed E-state index contributed by atoms with van der Waals surface area (Å²) < 4.78 is 5.18. The smallest absolute Gasteiger partial charge is 0.333 e. The van der Waals surface area contributed by atoms with E-state index in [1.807, 2.05) is 55.5 Å². The lowest BCUT2D eigenvalue weighted by Gasteiger charge is -2.19. The van der Waals surface area contributed by atoms with Gasteiger partial charge in [-0.2, -0.15) is 0 Å². The quantitative estimate of drug-likeness (QED) is 0.842. The summed E-state index contributed by atoms with van der Waals surface area (Å²) in [5, 5.41) is 3.27. The molecular formula is C18H21NO2. The lowest BCUT2D eigenvalue weighted by molar-refractivity contribution is -0.144. The van der Waals surface area contributed by atoms with Gasteiger partial charge in [0.1, 0.15) is 0 Å². The van der Waals surface area contributed by atoms with Crippen LogP contribution in [-0.4, -0.2) is 12.6 Å². The number of nitrogens with one attached hydrogen (secondary N) is 1. The normalized spacial score (nSPS) is 11.8. The Morgan fingerprint density at radius 1 is 1.10 bits per heavy atom. The van der Waals surface area contributed by atoms with Crippen molar-refractivity contribution in [3.05, 3.63) is 65.2 Å². The van der Waals surface area contributed by atoms with Gasteiger partial charge in [-0.15, -0.1) is 0 Å². The van der Waals surface area contributed by atoms with Crippen LogP contribution in [0.15, 0.2) is 48.5 Å². The lowest BCUT2D eigenvalue weighted by Crippen LogP contribution is -2.23. The minimum absolute atomic E-state index is 0.262. The molecular weight excluding hydrogens is 262 g/mol. The van der Waals surface area contributed by atoms with E-state index in [1.54, 1.807) is 0 Å². The van der Waals surface area contributed by atoms with Gasteiger partial charge in [-0.3, -0.25) is 0 Å². The van der Waals surface area contributed by atoms with Crippen LogP contribution in [0.2, 0.25) is 0 Å². The molecule has 110 valence electrons. The summed E-state index contributed by atoms with van der Waals surface area (Å²) in [5.74, 6) is -0.262. The van der Waals surface area contributed by atoms with Gasteiger partial charge in [0.2, 0.25) is 0 Å². The number of ether oxygens (including phenoxy) is 1. The third kappa shape index (κ3) is 3.85. The molecule has 0 spiro atoms. The molecule has 3 heteroatoms. The summed E-state index contributed by atoms with van der Waals surface area (Å²) in [7, 11) is 0. The Bertz CT molecular complexity index is 608. The lowest BCUT2D eigenvalue weighted by atomic mass is 10.1. The third-order valence-electron chi connectivity index (χ3n) is 3.47. The maximum Gasteiger partial charge on any atom is 0.333 e. The van der Waals surface area contributed by atoms with Crippen LogP contribution in [0.3, 0.4) is 0 Å². The number of benzene rings is 2.